The topological polar surface area (TPSA) is 115 Å². The van der Waals surface area contributed by atoms with Gasteiger partial charge in [-0.1, -0.05) is 47.7 Å². The monoisotopic (exact) mass is 618 g/mol. The maximum atomic E-state index is 14.2. The molecule has 1 aliphatic heterocycles. The average molecular weight is 619 g/mol. The van der Waals surface area contributed by atoms with Crippen LogP contribution in [0.1, 0.15) is 45.8 Å². The standard InChI is InChI=1S/C35H30N4O5S/c1-20-17-25(22(3)38(20)27-12-8-9-24(18-27)34(42)43)19-29-33(41)39-31(23-13-15-28(44-4)16-14-23)30(21(2)36-35(39)45-29)32(40)37-26-10-6-5-7-11-26/h5-19,31H,1-4H3,(H,37,40)(H,42,43)/b29-19+. The number of fused-ring (bicyclic) bond motifs is 1. The molecule has 10 heteroatoms. The third-order valence-electron chi connectivity index (χ3n) is 7.84. The fraction of sp³-hybridized carbons (Fsp3) is 0.143. The van der Waals surface area contributed by atoms with Crippen LogP contribution in [-0.2, 0) is 4.79 Å². The van der Waals surface area contributed by atoms with E-state index in [0.29, 0.717) is 32.0 Å². The number of carbonyl (C=O) groups excluding carboxylic acids is 1. The summed E-state index contributed by atoms with van der Waals surface area (Å²) >= 11 is 1.26. The zero-order valence-corrected chi connectivity index (χ0v) is 25.9. The summed E-state index contributed by atoms with van der Waals surface area (Å²) in [7, 11) is 1.58. The van der Waals surface area contributed by atoms with Gasteiger partial charge in [-0.25, -0.2) is 9.79 Å². The molecular weight excluding hydrogens is 588 g/mol. The summed E-state index contributed by atoms with van der Waals surface area (Å²) in [5.74, 6) is -0.685. The first-order chi connectivity index (χ1) is 21.7. The Hall–Kier alpha value is -5.48. The highest BCUT2D eigenvalue weighted by Crippen LogP contribution is 2.32. The maximum Gasteiger partial charge on any atom is 0.335 e. The fourth-order valence-electron chi connectivity index (χ4n) is 5.68. The second-order valence-corrected chi connectivity index (χ2v) is 11.7. The molecule has 0 saturated carbocycles. The SMILES string of the molecule is COc1ccc(C2C(C(=O)Nc3ccccc3)=C(C)N=c3s/c(=C/c4cc(C)n(-c5cccc(C(=O)O)c5)c4C)c(=O)n32)cc1. The number of carboxylic acids is 1. The second kappa shape index (κ2) is 11.9. The van der Waals surface area contributed by atoms with Crippen molar-refractivity contribution in [3.05, 3.63) is 144 Å². The number of aryl methyl sites for hydroxylation is 1. The number of benzene rings is 3. The largest absolute Gasteiger partial charge is 0.497 e. The molecule has 3 aromatic carbocycles. The number of allylic oxidation sites excluding steroid dienone is 1. The summed E-state index contributed by atoms with van der Waals surface area (Å²) in [6, 6.07) is 24.5. The Balaban J connectivity index is 1.48. The molecule has 5 aromatic rings. The Bertz CT molecular complexity index is 2170. The van der Waals surface area contributed by atoms with Crippen molar-refractivity contribution in [1.29, 1.82) is 0 Å². The molecule has 2 aromatic heterocycles. The van der Waals surface area contributed by atoms with Crippen LogP contribution in [0, 0.1) is 13.8 Å². The van der Waals surface area contributed by atoms with Gasteiger partial charge in [-0.05, 0) is 86.5 Å². The lowest BCUT2D eigenvalue weighted by atomic mass is 9.95. The number of amides is 1. The molecular formula is C35H30N4O5S. The number of anilines is 1. The van der Waals surface area contributed by atoms with Gasteiger partial charge in [0, 0.05) is 22.8 Å². The molecule has 0 spiro atoms. The molecule has 2 N–H and O–H groups in total. The van der Waals surface area contributed by atoms with Crippen LogP contribution in [0.15, 0.2) is 106 Å². The van der Waals surface area contributed by atoms with Crippen molar-refractivity contribution in [2.45, 2.75) is 26.8 Å². The summed E-state index contributed by atoms with van der Waals surface area (Å²) in [4.78, 5) is 44.8. The van der Waals surface area contributed by atoms with Crippen LogP contribution < -0.4 is 24.9 Å². The molecule has 1 amide bonds. The van der Waals surface area contributed by atoms with E-state index in [1.807, 2.05) is 79.1 Å². The predicted molar refractivity (Wildman–Crippen MR) is 174 cm³/mol. The molecule has 0 radical (unpaired) electrons. The molecule has 9 nitrogen and oxygen atoms in total. The number of carboxylic acid groups (broad SMARTS) is 1. The van der Waals surface area contributed by atoms with Crippen molar-refractivity contribution >= 4 is 35.0 Å². The summed E-state index contributed by atoms with van der Waals surface area (Å²) in [6.45, 7) is 5.65. The first-order valence-electron chi connectivity index (χ1n) is 14.2. The van der Waals surface area contributed by atoms with Crippen molar-refractivity contribution < 1.29 is 19.4 Å². The van der Waals surface area contributed by atoms with Crippen molar-refractivity contribution in [2.75, 3.05) is 12.4 Å². The van der Waals surface area contributed by atoms with Crippen LogP contribution in [0.5, 0.6) is 5.75 Å². The molecule has 1 atom stereocenters. The summed E-state index contributed by atoms with van der Waals surface area (Å²) in [5.41, 5.74) is 5.48. The molecule has 6 rings (SSSR count). The van der Waals surface area contributed by atoms with Gasteiger partial charge in [0.05, 0.1) is 34.5 Å². The van der Waals surface area contributed by atoms with E-state index in [4.69, 9.17) is 9.73 Å². The molecule has 1 unspecified atom stereocenters. The number of rotatable bonds is 7. The van der Waals surface area contributed by atoms with Gasteiger partial charge in [0.25, 0.3) is 11.5 Å². The summed E-state index contributed by atoms with van der Waals surface area (Å²) in [5, 5.41) is 12.4. The highest BCUT2D eigenvalue weighted by atomic mass is 32.1. The number of methoxy groups -OCH3 is 1. The highest BCUT2D eigenvalue weighted by Gasteiger charge is 2.32. The first kappa shape index (κ1) is 29.6. The van der Waals surface area contributed by atoms with Gasteiger partial charge < -0.3 is 19.7 Å². The van der Waals surface area contributed by atoms with Crippen LogP contribution in [0.25, 0.3) is 11.8 Å². The zero-order valence-electron chi connectivity index (χ0n) is 25.1. The van der Waals surface area contributed by atoms with E-state index < -0.39 is 12.0 Å². The molecule has 0 fully saturated rings. The Morgan fingerprint density at radius 1 is 0.978 bits per heavy atom. The average Bonchev–Trinajstić information content (AvgIpc) is 3.49. The van der Waals surface area contributed by atoms with Crippen LogP contribution in [0.4, 0.5) is 5.69 Å². The van der Waals surface area contributed by atoms with E-state index in [0.717, 1.165) is 28.2 Å². The molecule has 226 valence electrons. The Morgan fingerprint density at radius 3 is 2.40 bits per heavy atom. The maximum absolute atomic E-state index is 14.2. The van der Waals surface area contributed by atoms with Gasteiger partial charge in [0.2, 0.25) is 0 Å². The smallest absolute Gasteiger partial charge is 0.335 e. The lowest BCUT2D eigenvalue weighted by molar-refractivity contribution is -0.113. The minimum atomic E-state index is -1.00. The number of hydrogen-bond donors (Lipinski definition) is 2. The number of aromatic carboxylic acids is 1. The molecule has 45 heavy (non-hydrogen) atoms. The summed E-state index contributed by atoms with van der Waals surface area (Å²) in [6.07, 6.45) is 1.83. The van der Waals surface area contributed by atoms with Crippen molar-refractivity contribution in [1.82, 2.24) is 9.13 Å². The van der Waals surface area contributed by atoms with Gasteiger partial charge in [0.1, 0.15) is 5.75 Å². The zero-order chi connectivity index (χ0) is 31.8. The molecule has 1 aliphatic rings. The van der Waals surface area contributed by atoms with Crippen molar-refractivity contribution in [3.63, 3.8) is 0 Å². The summed E-state index contributed by atoms with van der Waals surface area (Å²) < 4.78 is 9.37. The van der Waals surface area contributed by atoms with Crippen LogP contribution in [0.3, 0.4) is 0 Å². The number of carbonyl (C=O) groups is 2. The number of hydrogen-bond acceptors (Lipinski definition) is 6. The van der Waals surface area contributed by atoms with E-state index in [9.17, 15) is 19.5 Å². The lowest BCUT2D eigenvalue weighted by Crippen LogP contribution is -2.40. The van der Waals surface area contributed by atoms with Crippen LogP contribution in [-0.4, -0.2) is 33.2 Å². The minimum Gasteiger partial charge on any atom is -0.497 e. The van der Waals surface area contributed by atoms with Gasteiger partial charge >= 0.3 is 5.97 Å². The Kier molecular flexibility index (Phi) is 7.82. The third kappa shape index (κ3) is 5.51. The highest BCUT2D eigenvalue weighted by molar-refractivity contribution is 7.07. The Labute approximate surface area is 262 Å². The normalized spacial score (nSPS) is 14.6. The van der Waals surface area contributed by atoms with Crippen molar-refractivity contribution in [2.24, 2.45) is 4.99 Å². The number of nitrogens with zero attached hydrogens (tertiary/aromatic N) is 3. The van der Waals surface area contributed by atoms with Crippen LogP contribution in [0.2, 0.25) is 0 Å². The van der Waals surface area contributed by atoms with Gasteiger partial charge in [0.15, 0.2) is 4.80 Å². The van der Waals surface area contributed by atoms with Gasteiger partial charge in [-0.2, -0.15) is 0 Å². The number of thiazole rings is 1. The van der Waals surface area contributed by atoms with Crippen molar-refractivity contribution in [3.8, 4) is 11.4 Å². The van der Waals surface area contributed by atoms with E-state index in [2.05, 4.69) is 5.32 Å². The number of para-hydroxylation sites is 1. The molecule has 0 bridgehead atoms. The van der Waals surface area contributed by atoms with E-state index >= 15 is 0 Å². The first-order valence-corrected chi connectivity index (χ1v) is 15.0. The van der Waals surface area contributed by atoms with Gasteiger partial charge in [-0.3, -0.25) is 14.2 Å². The number of ether oxygens (including phenoxy) is 1. The Morgan fingerprint density at radius 2 is 1.71 bits per heavy atom. The minimum absolute atomic E-state index is 0.191. The molecule has 0 saturated heterocycles. The third-order valence-corrected chi connectivity index (χ3v) is 8.82. The van der Waals surface area contributed by atoms with Crippen LogP contribution >= 0.6 is 11.3 Å². The lowest BCUT2D eigenvalue weighted by Gasteiger charge is -2.25. The molecule has 3 heterocycles. The molecule has 0 aliphatic carbocycles. The van der Waals surface area contributed by atoms with E-state index in [1.54, 1.807) is 48.9 Å². The second-order valence-electron chi connectivity index (χ2n) is 10.7. The number of aromatic nitrogens is 2. The fourth-order valence-corrected chi connectivity index (χ4v) is 6.72. The quantitative estimate of drug-likeness (QED) is 0.267. The van der Waals surface area contributed by atoms with E-state index in [1.165, 1.54) is 11.3 Å². The van der Waals surface area contributed by atoms with E-state index in [-0.39, 0.29) is 17.0 Å². The predicted octanol–water partition coefficient (Wildman–Crippen LogP) is 4.99. The van der Waals surface area contributed by atoms with Gasteiger partial charge in [-0.15, -0.1) is 0 Å². The number of nitrogens with one attached hydrogen (secondary N) is 1.